The lowest BCUT2D eigenvalue weighted by Gasteiger charge is -2.35. The largest absolute Gasteiger partial charge is 0.0851 e. The average molecular weight is 274 g/mol. The molecule has 0 atom stereocenters. The standard InChI is InChI=1S/C20H34/c1-3-7-17(8-4-1)11-12-18-13-15-20(16-14-18)19-9-5-2-6-10-19/h11-12,17-20H,1-10,13-16H2/b12-11+. The molecule has 0 aromatic rings. The van der Waals surface area contributed by atoms with E-state index in [1.165, 1.54) is 77.0 Å². The van der Waals surface area contributed by atoms with Gasteiger partial charge in [0.2, 0.25) is 0 Å². The zero-order valence-electron chi connectivity index (χ0n) is 13.4. The Morgan fingerprint density at radius 2 is 0.850 bits per heavy atom. The first-order valence-corrected chi connectivity index (χ1v) is 9.60. The topological polar surface area (TPSA) is 0 Å². The molecule has 0 amide bonds. The van der Waals surface area contributed by atoms with Crippen LogP contribution in [0.15, 0.2) is 12.2 Å². The van der Waals surface area contributed by atoms with Gasteiger partial charge in [0.25, 0.3) is 0 Å². The van der Waals surface area contributed by atoms with Gasteiger partial charge >= 0.3 is 0 Å². The minimum Gasteiger partial charge on any atom is -0.0851 e. The van der Waals surface area contributed by atoms with E-state index in [0.29, 0.717) is 0 Å². The van der Waals surface area contributed by atoms with Gasteiger partial charge in [-0.15, -0.1) is 0 Å². The third-order valence-electron chi connectivity index (χ3n) is 6.44. The van der Waals surface area contributed by atoms with Crippen molar-refractivity contribution in [2.24, 2.45) is 23.7 Å². The third-order valence-corrected chi connectivity index (χ3v) is 6.44. The predicted octanol–water partition coefficient (Wildman–Crippen LogP) is 6.51. The van der Waals surface area contributed by atoms with Gasteiger partial charge < -0.3 is 0 Å². The summed E-state index contributed by atoms with van der Waals surface area (Å²) in [5, 5.41) is 0. The highest BCUT2D eigenvalue weighted by atomic mass is 14.3. The van der Waals surface area contributed by atoms with Crippen molar-refractivity contribution < 1.29 is 0 Å². The number of rotatable bonds is 3. The molecule has 20 heavy (non-hydrogen) atoms. The summed E-state index contributed by atoms with van der Waals surface area (Å²) in [4.78, 5) is 0. The van der Waals surface area contributed by atoms with Crippen LogP contribution >= 0.6 is 0 Å². The molecule has 0 heteroatoms. The Hall–Kier alpha value is -0.260. The van der Waals surface area contributed by atoms with Gasteiger partial charge in [-0.2, -0.15) is 0 Å². The van der Waals surface area contributed by atoms with E-state index < -0.39 is 0 Å². The molecule has 0 aromatic heterocycles. The van der Waals surface area contributed by atoms with Crippen LogP contribution < -0.4 is 0 Å². The van der Waals surface area contributed by atoms with Gasteiger partial charge in [0.15, 0.2) is 0 Å². The maximum atomic E-state index is 2.62. The molecule has 0 nitrogen and oxygen atoms in total. The Kier molecular flexibility index (Phi) is 5.62. The van der Waals surface area contributed by atoms with Crippen molar-refractivity contribution in [1.29, 1.82) is 0 Å². The van der Waals surface area contributed by atoms with Crippen molar-refractivity contribution in [2.45, 2.75) is 89.9 Å². The highest BCUT2D eigenvalue weighted by molar-refractivity contribution is 4.96. The van der Waals surface area contributed by atoms with Crippen LogP contribution in [0.3, 0.4) is 0 Å². The summed E-state index contributed by atoms with van der Waals surface area (Å²) < 4.78 is 0. The van der Waals surface area contributed by atoms with Crippen LogP contribution in [-0.4, -0.2) is 0 Å². The number of allylic oxidation sites excluding steroid dienone is 2. The van der Waals surface area contributed by atoms with Gasteiger partial charge in [0, 0.05) is 0 Å². The van der Waals surface area contributed by atoms with Gasteiger partial charge in [-0.3, -0.25) is 0 Å². The molecule has 0 aliphatic heterocycles. The van der Waals surface area contributed by atoms with Crippen molar-refractivity contribution in [1.82, 2.24) is 0 Å². The van der Waals surface area contributed by atoms with Gasteiger partial charge in [-0.05, 0) is 62.2 Å². The summed E-state index contributed by atoms with van der Waals surface area (Å²) in [6.45, 7) is 0. The first-order valence-electron chi connectivity index (χ1n) is 9.60. The molecule has 0 bridgehead atoms. The number of hydrogen-bond acceptors (Lipinski definition) is 0. The zero-order chi connectivity index (χ0) is 13.6. The molecule has 0 radical (unpaired) electrons. The average Bonchev–Trinajstić information content (AvgIpc) is 2.55. The van der Waals surface area contributed by atoms with E-state index >= 15 is 0 Å². The van der Waals surface area contributed by atoms with E-state index in [1.807, 2.05) is 0 Å². The lowest BCUT2D eigenvalue weighted by molar-refractivity contribution is 0.180. The van der Waals surface area contributed by atoms with Crippen molar-refractivity contribution in [2.75, 3.05) is 0 Å². The first kappa shape index (κ1) is 14.7. The summed E-state index contributed by atoms with van der Waals surface area (Å²) in [6.07, 6.45) is 26.3. The molecule has 0 saturated heterocycles. The quantitative estimate of drug-likeness (QED) is 0.515. The number of hydrogen-bond donors (Lipinski definition) is 0. The second-order valence-electron chi connectivity index (χ2n) is 7.86. The van der Waals surface area contributed by atoms with E-state index in [4.69, 9.17) is 0 Å². The molecule has 3 fully saturated rings. The minimum absolute atomic E-state index is 0.928. The molecule has 3 rings (SSSR count). The van der Waals surface area contributed by atoms with E-state index in [-0.39, 0.29) is 0 Å². The van der Waals surface area contributed by atoms with Crippen molar-refractivity contribution in [3.63, 3.8) is 0 Å². The van der Waals surface area contributed by atoms with Crippen LogP contribution in [0.2, 0.25) is 0 Å². The minimum atomic E-state index is 0.928. The molecule has 3 aliphatic rings. The van der Waals surface area contributed by atoms with Gasteiger partial charge in [0.05, 0.1) is 0 Å². The van der Waals surface area contributed by atoms with Crippen molar-refractivity contribution >= 4 is 0 Å². The molecule has 114 valence electrons. The SMILES string of the molecule is C(=C\C1CCC(C2CCCCC2)CC1)/C1CCCCC1. The van der Waals surface area contributed by atoms with Crippen LogP contribution in [0.5, 0.6) is 0 Å². The van der Waals surface area contributed by atoms with Crippen molar-refractivity contribution in [3.05, 3.63) is 12.2 Å². The summed E-state index contributed by atoms with van der Waals surface area (Å²) in [5.74, 6) is 4.05. The van der Waals surface area contributed by atoms with Crippen LogP contribution in [0.4, 0.5) is 0 Å². The van der Waals surface area contributed by atoms with Gasteiger partial charge in [-0.25, -0.2) is 0 Å². The normalized spacial score (nSPS) is 34.6. The fourth-order valence-corrected chi connectivity index (χ4v) is 5.06. The zero-order valence-corrected chi connectivity index (χ0v) is 13.4. The smallest absolute Gasteiger partial charge is 0.0233 e. The van der Waals surface area contributed by atoms with Crippen LogP contribution in [0.1, 0.15) is 89.9 Å². The molecule has 0 unspecified atom stereocenters. The van der Waals surface area contributed by atoms with E-state index in [0.717, 1.165) is 23.7 Å². The lowest BCUT2D eigenvalue weighted by Crippen LogP contribution is -2.23. The monoisotopic (exact) mass is 274 g/mol. The third kappa shape index (κ3) is 4.12. The Balaban J connectivity index is 1.40. The fourth-order valence-electron chi connectivity index (χ4n) is 5.06. The second-order valence-corrected chi connectivity index (χ2v) is 7.86. The maximum Gasteiger partial charge on any atom is -0.0233 e. The summed E-state index contributed by atoms with van der Waals surface area (Å²) in [7, 11) is 0. The lowest BCUT2D eigenvalue weighted by atomic mass is 9.71. The first-order chi connectivity index (χ1) is 9.92. The molecule has 3 saturated carbocycles. The highest BCUT2D eigenvalue weighted by Gasteiger charge is 2.27. The van der Waals surface area contributed by atoms with Crippen LogP contribution in [0, 0.1) is 23.7 Å². The van der Waals surface area contributed by atoms with Crippen LogP contribution in [-0.2, 0) is 0 Å². The Bertz CT molecular complexity index is 283. The van der Waals surface area contributed by atoms with E-state index in [2.05, 4.69) is 12.2 Å². The summed E-state index contributed by atoms with van der Waals surface area (Å²) in [6, 6.07) is 0. The Morgan fingerprint density at radius 3 is 1.45 bits per heavy atom. The van der Waals surface area contributed by atoms with Gasteiger partial charge in [0.1, 0.15) is 0 Å². The molecule has 0 aromatic carbocycles. The van der Waals surface area contributed by atoms with Crippen molar-refractivity contribution in [3.8, 4) is 0 Å². The van der Waals surface area contributed by atoms with Gasteiger partial charge in [-0.1, -0.05) is 63.5 Å². The maximum absolute atomic E-state index is 2.62. The molecule has 0 N–H and O–H groups in total. The summed E-state index contributed by atoms with van der Waals surface area (Å²) in [5.41, 5.74) is 0. The van der Waals surface area contributed by atoms with Crippen LogP contribution in [0.25, 0.3) is 0 Å². The second kappa shape index (κ2) is 7.66. The summed E-state index contributed by atoms with van der Waals surface area (Å²) >= 11 is 0. The molecular weight excluding hydrogens is 240 g/mol. The highest BCUT2D eigenvalue weighted by Crippen LogP contribution is 2.40. The fraction of sp³-hybridized carbons (Fsp3) is 0.900. The van der Waals surface area contributed by atoms with E-state index in [9.17, 15) is 0 Å². The Morgan fingerprint density at radius 1 is 0.400 bits per heavy atom. The van der Waals surface area contributed by atoms with E-state index in [1.54, 1.807) is 12.8 Å². The molecule has 3 aliphatic carbocycles. The predicted molar refractivity (Wildman–Crippen MR) is 87.7 cm³/mol. The molecule has 0 heterocycles. The Labute approximate surface area is 126 Å². The molecule has 0 spiro atoms. The molecular formula is C20H34.